The van der Waals surface area contributed by atoms with E-state index >= 15 is 0 Å². The zero-order chi connectivity index (χ0) is 84.9. The number of likely N-dealkylation sites (tertiary alicyclic amines) is 2. The number of aliphatic hydroxyl groups excluding tert-OH is 2. The van der Waals surface area contributed by atoms with Crippen molar-refractivity contribution in [2.75, 3.05) is 88.1 Å². The third kappa shape index (κ3) is 18.8. The number of nitrogens with zero attached hydrogens (tertiary/aromatic N) is 23. The smallest absolute Gasteiger partial charge is 0.248 e. The summed E-state index contributed by atoms with van der Waals surface area (Å²) in [6.07, 6.45) is 29.5. The van der Waals surface area contributed by atoms with Crippen molar-refractivity contribution in [1.29, 1.82) is 0 Å². The van der Waals surface area contributed by atoms with Crippen molar-refractivity contribution in [2.45, 2.75) is 171 Å². The molecule has 6 aliphatic heterocycles. The molecule has 0 bridgehead atoms. The number of hydrogen-bond donors (Lipinski definition) is 9. The van der Waals surface area contributed by atoms with Crippen molar-refractivity contribution in [3.05, 3.63) is 213 Å². The molecular weight excluding hydrogens is 1620 g/mol. The van der Waals surface area contributed by atoms with Crippen LogP contribution in [0.2, 0.25) is 0 Å². The van der Waals surface area contributed by atoms with Crippen molar-refractivity contribution < 1.29 is 34.2 Å². The van der Waals surface area contributed by atoms with Gasteiger partial charge in [-0.1, -0.05) is 72.8 Å². The molecule has 3 aliphatic carbocycles. The van der Waals surface area contributed by atoms with E-state index in [0.29, 0.717) is 140 Å². The van der Waals surface area contributed by atoms with E-state index < -0.39 is 13.2 Å². The molecular formula is C88H101ClN30O7. The highest BCUT2D eigenvalue weighted by atomic mass is 35.5. The Hall–Kier alpha value is -13.1. The number of piperidine rings is 3. The summed E-state index contributed by atoms with van der Waals surface area (Å²) in [7, 11) is 0. The lowest BCUT2D eigenvalue weighted by atomic mass is 9.90. The monoisotopic (exact) mass is 1720 g/mol. The molecule has 37 nitrogen and oxygen atoms in total. The highest BCUT2D eigenvalue weighted by molar-refractivity contribution is 5.85. The Morgan fingerprint density at radius 3 is 0.897 bits per heavy atom. The second kappa shape index (κ2) is 37.7. The second-order valence-corrected chi connectivity index (χ2v) is 33.8. The molecule has 0 atom stereocenters. The first-order valence-electron chi connectivity index (χ1n) is 43.4. The quantitative estimate of drug-likeness (QED) is 0.0476. The minimum Gasteiger partial charge on any atom is -0.387 e. The van der Waals surface area contributed by atoms with Gasteiger partial charge in [0.1, 0.15) is 49.9 Å². The highest BCUT2D eigenvalue weighted by Crippen LogP contribution is 2.39. The molecule has 38 heteroatoms. The molecule has 3 fully saturated rings. The lowest BCUT2D eigenvalue weighted by Crippen LogP contribution is -2.39. The van der Waals surface area contributed by atoms with Crippen LogP contribution in [0.3, 0.4) is 0 Å². The zero-order valence-electron chi connectivity index (χ0n) is 69.8. The van der Waals surface area contributed by atoms with E-state index in [4.69, 9.17) is 15.3 Å². The largest absolute Gasteiger partial charge is 0.387 e. The topological polar surface area (TPSA) is 446 Å². The summed E-state index contributed by atoms with van der Waals surface area (Å²) in [5.74, 6) is 1.77. The molecule has 3 saturated heterocycles. The van der Waals surface area contributed by atoms with Crippen LogP contribution in [0, 0.1) is 0 Å². The molecule has 3 aromatic carbocycles. The van der Waals surface area contributed by atoms with Gasteiger partial charge in [0.25, 0.3) is 0 Å². The first-order chi connectivity index (χ1) is 61.3. The Balaban J connectivity index is 0.000000128. The number of carbonyl (C=O) groups is 5. The van der Waals surface area contributed by atoms with E-state index in [1.54, 1.807) is 33.6 Å². The summed E-state index contributed by atoms with van der Waals surface area (Å²) in [6, 6.07) is 26.4. The van der Waals surface area contributed by atoms with E-state index in [-0.39, 0.29) is 85.5 Å². The number of anilines is 3. The molecule has 0 unspecified atom stereocenters. The van der Waals surface area contributed by atoms with Gasteiger partial charge >= 0.3 is 0 Å². The maximum atomic E-state index is 13.3. The van der Waals surface area contributed by atoms with Gasteiger partial charge in [-0.3, -0.25) is 38.0 Å². The molecule has 15 heterocycles. The van der Waals surface area contributed by atoms with Gasteiger partial charge in [0.2, 0.25) is 47.4 Å². The van der Waals surface area contributed by atoms with E-state index in [1.807, 2.05) is 60.7 Å². The summed E-state index contributed by atoms with van der Waals surface area (Å²) in [5, 5.41) is 80.2. The van der Waals surface area contributed by atoms with Crippen LogP contribution in [0.4, 0.5) is 17.8 Å². The van der Waals surface area contributed by atoms with Crippen molar-refractivity contribution >= 4 is 59.8 Å². The maximum Gasteiger partial charge on any atom is 0.248 e. The van der Waals surface area contributed by atoms with E-state index in [0.717, 1.165) is 149 Å². The normalized spacial score (nSPS) is 17.2. The number of hydrogen-bond acceptors (Lipinski definition) is 26. The Bertz CT molecular complexity index is 5530. The minimum atomic E-state index is -0.482. The molecule has 0 spiro atoms. The predicted molar refractivity (Wildman–Crippen MR) is 463 cm³/mol. The van der Waals surface area contributed by atoms with Crippen LogP contribution in [-0.4, -0.2) is 260 Å². The molecule has 9 N–H and O–H groups in total. The predicted octanol–water partition coefficient (Wildman–Crippen LogP) is 5.15. The molecule has 5 amide bonds. The van der Waals surface area contributed by atoms with Crippen LogP contribution >= 0.6 is 12.4 Å². The summed E-state index contributed by atoms with van der Waals surface area (Å²) < 4.78 is 5.20. The number of benzene rings is 3. The number of fused-ring (bicyclic) bond motifs is 6. The van der Waals surface area contributed by atoms with Crippen molar-refractivity contribution in [3.8, 4) is 33.4 Å². The van der Waals surface area contributed by atoms with Crippen molar-refractivity contribution in [2.24, 2.45) is 0 Å². The molecule has 9 aromatic heterocycles. The molecule has 21 rings (SSSR count). The van der Waals surface area contributed by atoms with Gasteiger partial charge in [-0.25, -0.2) is 29.9 Å². The Morgan fingerprint density at radius 2 is 0.619 bits per heavy atom. The summed E-state index contributed by atoms with van der Waals surface area (Å²) in [6.45, 7) is 6.70. The van der Waals surface area contributed by atoms with Crippen LogP contribution in [0.1, 0.15) is 141 Å². The lowest BCUT2D eigenvalue weighted by molar-refractivity contribution is -0.135. The molecule has 0 saturated carbocycles. The number of halogens is 1. The summed E-state index contributed by atoms with van der Waals surface area (Å²) >= 11 is 0. The number of aromatic nitrogens is 21. The van der Waals surface area contributed by atoms with Crippen molar-refractivity contribution in [3.63, 3.8) is 0 Å². The maximum absolute atomic E-state index is 13.3. The van der Waals surface area contributed by atoms with Gasteiger partial charge in [-0.05, 0) is 124 Å². The van der Waals surface area contributed by atoms with Crippen LogP contribution in [0.25, 0.3) is 33.4 Å². The summed E-state index contributed by atoms with van der Waals surface area (Å²) in [5.41, 5.74) is 21.6. The average Bonchev–Trinajstić information content (AvgIpc) is 1.68. The SMILES string of the molecule is Cl.O=C(CO)N1CCC(c2nn(CC(=O)N3CCc4n[nH]nc4C3)cc2-c2cnc(NC3Cc4ccccc4C3)nc2)CC1.O=C(CO)N1CCC(c2nn(CC(=O)N3CCc4n[nH]nc4C3)cc2-c2cnc(NC3Cc4ccccc4C3)nc2)CC1.O=C(Cn1cc(-c2cnc(NC3Cc4ccccc4C3)nc2)c(C2CCNCC2)n1)N1CCc2n[nH]nc2C1. The van der Waals surface area contributed by atoms with Crippen LogP contribution in [0.15, 0.2) is 129 Å². The zero-order valence-corrected chi connectivity index (χ0v) is 70.7. The Morgan fingerprint density at radius 1 is 0.349 bits per heavy atom. The number of carbonyl (C=O) groups excluding carboxylic acids is 5. The highest BCUT2D eigenvalue weighted by Gasteiger charge is 2.35. The number of amides is 5. The third-order valence-electron chi connectivity index (χ3n) is 25.8. The van der Waals surface area contributed by atoms with Gasteiger partial charge < -0.3 is 56.0 Å². The van der Waals surface area contributed by atoms with Crippen LogP contribution in [-0.2, 0) is 121 Å². The minimum absolute atomic E-state index is 0. The fraction of sp³-hybridized carbons (Fsp3) is 0.432. The molecule has 0 radical (unpaired) electrons. The van der Waals surface area contributed by atoms with Crippen molar-refractivity contribution in [1.82, 2.24) is 135 Å². The van der Waals surface area contributed by atoms with Crippen LogP contribution < -0.4 is 21.3 Å². The number of rotatable bonds is 20. The number of aliphatic hydroxyl groups is 2. The Labute approximate surface area is 731 Å². The second-order valence-electron chi connectivity index (χ2n) is 33.8. The average molecular weight is 1730 g/mol. The van der Waals surface area contributed by atoms with E-state index in [9.17, 15) is 34.2 Å². The first kappa shape index (κ1) is 83.8. The molecule has 126 heavy (non-hydrogen) atoms. The summed E-state index contributed by atoms with van der Waals surface area (Å²) in [4.78, 5) is 101. The lowest BCUT2D eigenvalue weighted by Gasteiger charge is -2.31. The van der Waals surface area contributed by atoms with Gasteiger partial charge in [-0.15, -0.1) is 12.4 Å². The molecule has 12 aromatic rings. The number of nitrogens with one attached hydrogen (secondary N) is 7. The standard InChI is InChI=1S/2C30H34N10O3.C28H32N10O.ClH/c2*41-18-28(43)38-8-5-19(6-9-38)29-24(15-40(36-29)17-27(42)39-10-7-25-26(16-39)35-37-34-25)22-13-31-30(32-14-22)33-23-11-20-3-1-2-4-21(20)12-23;39-26(37-10-7-24-25(16-37)34-36-33-24)17-38-15-23(27(35-38)18-5-8-29-9-6-18)21-13-30-28(31-14-21)32-22-11-19-3-1-2-4-20(19)12-22;/h2*1-4,13-15,19,23,41H,5-12,16-18H2,(H,31,32,33)(H,34,35,37);1-4,13-15,18,22,29H,5-12,16-17H2,(H,30,31,32)(H,33,34,36);1H. The van der Waals surface area contributed by atoms with Gasteiger partial charge in [0, 0.05) is 190 Å². The van der Waals surface area contributed by atoms with Gasteiger partial charge in [-0.2, -0.15) is 61.5 Å². The Kier molecular flexibility index (Phi) is 25.1. The van der Waals surface area contributed by atoms with E-state index in [2.05, 4.69) is 170 Å². The van der Waals surface area contributed by atoms with Crippen LogP contribution in [0.5, 0.6) is 0 Å². The van der Waals surface area contributed by atoms with Gasteiger partial charge in [0.05, 0.1) is 53.8 Å². The fourth-order valence-electron chi connectivity index (χ4n) is 19.0. The third-order valence-corrected chi connectivity index (χ3v) is 25.8. The molecule has 9 aliphatic rings. The number of aromatic amines is 3. The van der Waals surface area contributed by atoms with E-state index in [1.165, 1.54) is 33.4 Å². The first-order valence-corrected chi connectivity index (χ1v) is 43.4. The molecule has 652 valence electrons. The fourth-order valence-corrected chi connectivity index (χ4v) is 19.0. The number of H-pyrrole nitrogens is 3. The van der Waals surface area contributed by atoms with Gasteiger partial charge in [0.15, 0.2) is 0 Å².